The van der Waals surface area contributed by atoms with Crippen LogP contribution in [0, 0.1) is 6.92 Å². The first-order valence-electron chi connectivity index (χ1n) is 10.6. The molecule has 0 bridgehead atoms. The number of hydrogen-bond acceptors (Lipinski definition) is 8. The van der Waals surface area contributed by atoms with Gasteiger partial charge in [0.1, 0.15) is 13.2 Å². The Bertz CT molecular complexity index is 940. The van der Waals surface area contributed by atoms with Crippen LogP contribution in [0.1, 0.15) is 43.0 Å². The van der Waals surface area contributed by atoms with Crippen LogP contribution >= 0.6 is 0 Å². The van der Waals surface area contributed by atoms with Crippen molar-refractivity contribution in [2.75, 3.05) is 44.3 Å². The number of aryl methyl sites for hydroxylation is 1. The molecular formula is C21H27N5O5. The van der Waals surface area contributed by atoms with Gasteiger partial charge in [0.05, 0.1) is 17.0 Å². The Kier molecular flexibility index (Phi) is 6.45. The van der Waals surface area contributed by atoms with Gasteiger partial charge < -0.3 is 24.2 Å². The predicted octanol–water partition coefficient (Wildman–Crippen LogP) is 1.85. The van der Waals surface area contributed by atoms with E-state index in [4.69, 9.17) is 19.4 Å². The van der Waals surface area contributed by atoms with Crippen LogP contribution in [0.2, 0.25) is 0 Å². The third-order valence-electron chi connectivity index (χ3n) is 5.70. The monoisotopic (exact) mass is 429 g/mol. The van der Waals surface area contributed by atoms with E-state index in [1.54, 1.807) is 11.1 Å². The highest BCUT2D eigenvalue weighted by molar-refractivity contribution is 5.78. The van der Waals surface area contributed by atoms with Crippen LogP contribution in [0.3, 0.4) is 0 Å². The molecule has 0 saturated carbocycles. The second-order valence-electron chi connectivity index (χ2n) is 8.06. The summed E-state index contributed by atoms with van der Waals surface area (Å²) < 4.78 is 10.5. The molecule has 1 atom stereocenters. The SMILES string of the molecule is Cc1cc(-c2cnc(N3CCCC3)nc2[C@H]2CCCN(C(=O)COCC(=O)O)C2)on1. The minimum atomic E-state index is -1.09. The number of aromatic nitrogens is 3. The van der Waals surface area contributed by atoms with E-state index in [1.165, 1.54) is 0 Å². The van der Waals surface area contributed by atoms with Crippen LogP contribution < -0.4 is 4.90 Å². The van der Waals surface area contributed by atoms with Crippen LogP contribution in [0.4, 0.5) is 5.95 Å². The Hall–Kier alpha value is -3.01. The van der Waals surface area contributed by atoms with Crippen molar-refractivity contribution >= 4 is 17.8 Å². The van der Waals surface area contributed by atoms with Crippen LogP contribution in [0.15, 0.2) is 16.8 Å². The number of hydrogen-bond donors (Lipinski definition) is 1. The molecule has 1 amide bonds. The summed E-state index contributed by atoms with van der Waals surface area (Å²) in [5, 5.41) is 12.7. The van der Waals surface area contributed by atoms with Crippen molar-refractivity contribution in [1.82, 2.24) is 20.0 Å². The van der Waals surface area contributed by atoms with Gasteiger partial charge >= 0.3 is 5.97 Å². The largest absolute Gasteiger partial charge is 0.480 e. The summed E-state index contributed by atoms with van der Waals surface area (Å²) in [5.74, 6) is 0.0416. The summed E-state index contributed by atoms with van der Waals surface area (Å²) in [6.07, 6.45) is 5.77. The number of nitrogens with zero attached hydrogens (tertiary/aromatic N) is 5. The van der Waals surface area contributed by atoms with Crippen molar-refractivity contribution in [3.8, 4) is 11.3 Å². The molecule has 2 aromatic heterocycles. The van der Waals surface area contributed by atoms with Crippen LogP contribution in [-0.4, -0.2) is 76.4 Å². The van der Waals surface area contributed by atoms with Gasteiger partial charge in [-0.05, 0) is 32.6 Å². The number of piperidine rings is 1. The number of carbonyl (C=O) groups is 2. The van der Waals surface area contributed by atoms with Crippen molar-refractivity contribution in [1.29, 1.82) is 0 Å². The lowest BCUT2D eigenvalue weighted by Gasteiger charge is -2.33. The molecule has 31 heavy (non-hydrogen) atoms. The molecular weight excluding hydrogens is 402 g/mol. The molecule has 0 unspecified atom stereocenters. The number of ether oxygens (including phenoxy) is 1. The normalized spacial score (nSPS) is 19.1. The van der Waals surface area contributed by atoms with E-state index in [0.29, 0.717) is 24.8 Å². The second kappa shape index (κ2) is 9.42. The zero-order valence-corrected chi connectivity index (χ0v) is 17.6. The molecule has 0 spiro atoms. The van der Waals surface area contributed by atoms with Crippen molar-refractivity contribution in [3.63, 3.8) is 0 Å². The molecule has 10 heteroatoms. The molecule has 4 heterocycles. The molecule has 1 N–H and O–H groups in total. The highest BCUT2D eigenvalue weighted by Crippen LogP contribution is 2.34. The number of carbonyl (C=O) groups excluding carboxylic acids is 1. The first-order valence-corrected chi connectivity index (χ1v) is 10.6. The Morgan fingerprint density at radius 3 is 2.74 bits per heavy atom. The topological polar surface area (TPSA) is 122 Å². The van der Waals surface area contributed by atoms with E-state index in [1.807, 2.05) is 13.0 Å². The molecule has 2 fully saturated rings. The van der Waals surface area contributed by atoms with Crippen LogP contribution in [-0.2, 0) is 14.3 Å². The van der Waals surface area contributed by atoms with Crippen molar-refractivity contribution in [2.24, 2.45) is 0 Å². The lowest BCUT2D eigenvalue weighted by atomic mass is 9.91. The third-order valence-corrected chi connectivity index (χ3v) is 5.70. The summed E-state index contributed by atoms with van der Waals surface area (Å²) in [5.41, 5.74) is 2.43. The summed E-state index contributed by atoms with van der Waals surface area (Å²) in [6, 6.07) is 1.86. The summed E-state index contributed by atoms with van der Waals surface area (Å²) in [4.78, 5) is 36.6. The van der Waals surface area contributed by atoms with Gasteiger partial charge in [0.2, 0.25) is 11.9 Å². The predicted molar refractivity (Wildman–Crippen MR) is 111 cm³/mol. The summed E-state index contributed by atoms with van der Waals surface area (Å²) in [7, 11) is 0. The molecule has 2 aliphatic heterocycles. The first kappa shape index (κ1) is 21.2. The van der Waals surface area contributed by atoms with Gasteiger partial charge in [-0.1, -0.05) is 5.16 Å². The standard InChI is InChI=1S/C21H27N5O5/c1-14-9-17(31-24-14)16-10-22-21(25-6-2-3-7-25)23-20(16)15-5-4-8-26(11-15)18(27)12-30-13-19(28)29/h9-10,15H,2-8,11-13H2,1H3,(H,28,29)/t15-/m0/s1. The third kappa shape index (κ3) is 5.01. The van der Waals surface area contributed by atoms with Gasteiger partial charge in [-0.2, -0.15) is 0 Å². The smallest absolute Gasteiger partial charge is 0.329 e. The summed E-state index contributed by atoms with van der Waals surface area (Å²) in [6.45, 7) is 4.13. The van der Waals surface area contributed by atoms with E-state index in [-0.39, 0.29) is 18.4 Å². The fourth-order valence-electron chi connectivity index (χ4n) is 4.19. The fraction of sp³-hybridized carbons (Fsp3) is 0.571. The number of carboxylic acids is 1. The van der Waals surface area contributed by atoms with Crippen LogP contribution in [0.25, 0.3) is 11.3 Å². The average Bonchev–Trinajstić information content (AvgIpc) is 3.45. The number of likely N-dealkylation sites (tertiary alicyclic amines) is 1. The minimum Gasteiger partial charge on any atom is -0.480 e. The number of carboxylic acid groups (broad SMARTS) is 1. The Morgan fingerprint density at radius 2 is 2.03 bits per heavy atom. The van der Waals surface area contributed by atoms with Crippen LogP contribution in [0.5, 0.6) is 0 Å². The van der Waals surface area contributed by atoms with E-state index >= 15 is 0 Å². The highest BCUT2D eigenvalue weighted by Gasteiger charge is 2.30. The molecule has 10 nitrogen and oxygen atoms in total. The van der Waals surface area contributed by atoms with E-state index in [0.717, 1.165) is 55.7 Å². The maximum Gasteiger partial charge on any atom is 0.329 e. The number of aliphatic carboxylic acids is 1. The molecule has 4 rings (SSSR count). The Labute approximate surface area is 180 Å². The number of amides is 1. The van der Waals surface area contributed by atoms with E-state index < -0.39 is 12.6 Å². The van der Waals surface area contributed by atoms with Crippen molar-refractivity contribution in [2.45, 2.75) is 38.5 Å². The van der Waals surface area contributed by atoms with Crippen molar-refractivity contribution < 1.29 is 24.0 Å². The van der Waals surface area contributed by atoms with E-state index in [2.05, 4.69) is 15.0 Å². The van der Waals surface area contributed by atoms with Gasteiger partial charge in [0, 0.05) is 44.4 Å². The zero-order valence-electron chi connectivity index (χ0n) is 17.6. The van der Waals surface area contributed by atoms with Gasteiger partial charge in [0.25, 0.3) is 0 Å². The first-order chi connectivity index (χ1) is 15.0. The quantitative estimate of drug-likeness (QED) is 0.702. The average molecular weight is 429 g/mol. The maximum absolute atomic E-state index is 12.5. The molecule has 2 aromatic rings. The number of rotatable bonds is 7. The molecule has 2 aliphatic rings. The van der Waals surface area contributed by atoms with Gasteiger partial charge in [0.15, 0.2) is 5.76 Å². The van der Waals surface area contributed by atoms with E-state index in [9.17, 15) is 9.59 Å². The lowest BCUT2D eigenvalue weighted by Crippen LogP contribution is -2.41. The zero-order chi connectivity index (χ0) is 21.8. The minimum absolute atomic E-state index is 0.0157. The molecule has 2 saturated heterocycles. The van der Waals surface area contributed by atoms with Gasteiger partial charge in [-0.15, -0.1) is 0 Å². The fourth-order valence-corrected chi connectivity index (χ4v) is 4.19. The highest BCUT2D eigenvalue weighted by atomic mass is 16.5. The molecule has 166 valence electrons. The lowest BCUT2D eigenvalue weighted by molar-refractivity contribution is -0.146. The van der Waals surface area contributed by atoms with Crippen molar-refractivity contribution in [3.05, 3.63) is 23.7 Å². The maximum atomic E-state index is 12.5. The molecule has 0 aromatic carbocycles. The second-order valence-corrected chi connectivity index (χ2v) is 8.06. The van der Waals surface area contributed by atoms with Gasteiger partial charge in [-0.3, -0.25) is 4.79 Å². The molecule has 0 aliphatic carbocycles. The molecule has 0 radical (unpaired) electrons. The Morgan fingerprint density at radius 1 is 1.23 bits per heavy atom. The Balaban J connectivity index is 1.57. The summed E-state index contributed by atoms with van der Waals surface area (Å²) >= 11 is 0. The number of anilines is 1. The van der Waals surface area contributed by atoms with Gasteiger partial charge in [-0.25, -0.2) is 14.8 Å².